The van der Waals surface area contributed by atoms with Gasteiger partial charge in [-0.05, 0) is 42.8 Å². The van der Waals surface area contributed by atoms with Crippen LogP contribution < -0.4 is 10.2 Å². The van der Waals surface area contributed by atoms with Crippen molar-refractivity contribution in [1.29, 1.82) is 0 Å². The van der Waals surface area contributed by atoms with Gasteiger partial charge in [0.2, 0.25) is 11.8 Å². The molecule has 2 bridgehead atoms. The zero-order valence-corrected chi connectivity index (χ0v) is 22.8. The minimum Gasteiger partial charge on any atom is -0.322 e. The second kappa shape index (κ2) is 8.16. The number of carbonyl (C=O) groups is 3. The van der Waals surface area contributed by atoms with Crippen molar-refractivity contribution in [3.05, 3.63) is 68.7 Å². The number of carbonyl (C=O) groups excluding carboxylic acids is 3. The number of imide groups is 1. The molecular formula is C23H13Cl7N2O3. The van der Waals surface area contributed by atoms with Crippen LogP contribution in [0.2, 0.25) is 5.02 Å². The molecule has 2 aliphatic carbocycles. The molecule has 4 atom stereocenters. The molecule has 182 valence electrons. The van der Waals surface area contributed by atoms with Gasteiger partial charge in [0.1, 0.15) is 9.75 Å². The molecule has 0 unspecified atom stereocenters. The van der Waals surface area contributed by atoms with Gasteiger partial charge in [-0.2, -0.15) is 0 Å². The van der Waals surface area contributed by atoms with Crippen LogP contribution in [0.25, 0.3) is 0 Å². The number of hydrogen-bond donors (Lipinski definition) is 1. The van der Waals surface area contributed by atoms with E-state index >= 15 is 0 Å². The van der Waals surface area contributed by atoms with Gasteiger partial charge in [-0.3, -0.25) is 14.4 Å². The Balaban J connectivity index is 1.50. The van der Waals surface area contributed by atoms with Crippen molar-refractivity contribution < 1.29 is 14.4 Å². The molecule has 1 saturated carbocycles. The third-order valence-electron chi connectivity index (χ3n) is 6.79. The van der Waals surface area contributed by atoms with Crippen LogP contribution in [-0.2, 0) is 9.59 Å². The molecule has 2 aromatic rings. The maximum Gasteiger partial charge on any atom is 0.255 e. The summed E-state index contributed by atoms with van der Waals surface area (Å²) < 4.78 is -2.01. The smallest absolute Gasteiger partial charge is 0.255 e. The Kier molecular flexibility index (Phi) is 5.94. The quantitative estimate of drug-likeness (QED) is 0.304. The van der Waals surface area contributed by atoms with Crippen LogP contribution >= 0.6 is 81.2 Å². The second-order valence-corrected chi connectivity index (χ2v) is 12.2. The zero-order chi connectivity index (χ0) is 25.7. The molecule has 0 radical (unpaired) electrons. The number of nitrogens with zero attached hydrogens (tertiary/aromatic N) is 1. The zero-order valence-electron chi connectivity index (χ0n) is 17.5. The van der Waals surface area contributed by atoms with Gasteiger partial charge in [-0.15, -0.1) is 23.2 Å². The highest BCUT2D eigenvalue weighted by Gasteiger charge is 2.87. The van der Waals surface area contributed by atoms with E-state index in [1.54, 1.807) is 25.1 Å². The van der Waals surface area contributed by atoms with Gasteiger partial charge in [-0.25, -0.2) is 4.90 Å². The number of hydrogen-bond acceptors (Lipinski definition) is 3. The van der Waals surface area contributed by atoms with Crippen LogP contribution in [0.5, 0.6) is 0 Å². The Morgan fingerprint density at radius 1 is 0.886 bits per heavy atom. The van der Waals surface area contributed by atoms with Crippen LogP contribution in [0.4, 0.5) is 11.4 Å². The Morgan fingerprint density at radius 2 is 1.43 bits per heavy atom. The second-order valence-electron chi connectivity index (χ2n) is 8.51. The van der Waals surface area contributed by atoms with Crippen molar-refractivity contribution in [1.82, 2.24) is 0 Å². The fourth-order valence-corrected chi connectivity index (χ4v) is 8.08. The normalized spacial score (nSPS) is 30.8. The number of nitrogens with one attached hydrogen (secondary N) is 1. The molecule has 5 rings (SSSR count). The average Bonchev–Trinajstić information content (AvgIpc) is 3.20. The summed E-state index contributed by atoms with van der Waals surface area (Å²) in [6, 6.07) is 11.1. The maximum absolute atomic E-state index is 13.5. The molecule has 0 spiro atoms. The van der Waals surface area contributed by atoms with E-state index in [9.17, 15) is 14.4 Å². The molecule has 5 nitrogen and oxygen atoms in total. The fraction of sp³-hybridized carbons (Fsp3) is 0.261. The maximum atomic E-state index is 13.5. The third kappa shape index (κ3) is 3.07. The lowest BCUT2D eigenvalue weighted by molar-refractivity contribution is -0.123. The van der Waals surface area contributed by atoms with E-state index in [0.717, 1.165) is 4.90 Å². The van der Waals surface area contributed by atoms with Crippen LogP contribution in [0.1, 0.15) is 15.9 Å². The highest BCUT2D eigenvalue weighted by atomic mass is 35.5. The lowest BCUT2D eigenvalue weighted by Crippen LogP contribution is -2.50. The highest BCUT2D eigenvalue weighted by Crippen LogP contribution is 2.77. The van der Waals surface area contributed by atoms with Crippen molar-refractivity contribution in [2.45, 2.75) is 21.0 Å². The molecule has 0 aromatic heterocycles. The average molecular weight is 614 g/mol. The number of amides is 3. The SMILES string of the molecule is Cc1c(Cl)cccc1NC(=O)c1cccc(N2C(=O)[C@@H]3[C@H](C2=O)[C@@]2(Cl)C(Cl)=C(Cl)[C@@]3(Cl)C2(Cl)Cl)c1. The lowest BCUT2D eigenvalue weighted by Gasteiger charge is -2.34. The first-order valence-electron chi connectivity index (χ1n) is 10.2. The summed E-state index contributed by atoms with van der Waals surface area (Å²) >= 11 is 45.3. The first kappa shape index (κ1) is 25.5. The van der Waals surface area contributed by atoms with E-state index < -0.39 is 43.6 Å². The number of fused-ring (bicyclic) bond motifs is 5. The van der Waals surface area contributed by atoms with Gasteiger partial charge >= 0.3 is 0 Å². The molecule has 3 aliphatic rings. The lowest BCUT2D eigenvalue weighted by atomic mass is 9.84. The summed E-state index contributed by atoms with van der Waals surface area (Å²) in [6.07, 6.45) is 0. The van der Waals surface area contributed by atoms with E-state index in [1.807, 2.05) is 0 Å². The number of anilines is 2. The van der Waals surface area contributed by atoms with Gasteiger partial charge in [0, 0.05) is 16.3 Å². The highest BCUT2D eigenvalue weighted by molar-refractivity contribution is 6.67. The van der Waals surface area contributed by atoms with E-state index in [-0.39, 0.29) is 21.3 Å². The van der Waals surface area contributed by atoms with Crippen molar-refractivity contribution in [3.63, 3.8) is 0 Å². The summed E-state index contributed by atoms with van der Waals surface area (Å²) in [5.74, 6) is -4.38. The first-order valence-corrected chi connectivity index (χ1v) is 12.8. The fourth-order valence-electron chi connectivity index (χ4n) is 4.97. The Labute approximate surface area is 235 Å². The largest absolute Gasteiger partial charge is 0.322 e. The van der Waals surface area contributed by atoms with Gasteiger partial charge < -0.3 is 5.32 Å². The molecule has 1 aliphatic heterocycles. The van der Waals surface area contributed by atoms with Gasteiger partial charge in [0.05, 0.1) is 27.6 Å². The molecule has 35 heavy (non-hydrogen) atoms. The van der Waals surface area contributed by atoms with Crippen molar-refractivity contribution in [2.24, 2.45) is 11.8 Å². The molecule has 1 heterocycles. The van der Waals surface area contributed by atoms with Crippen LogP contribution in [0.3, 0.4) is 0 Å². The summed E-state index contributed by atoms with van der Waals surface area (Å²) in [7, 11) is 0. The topological polar surface area (TPSA) is 66.5 Å². The van der Waals surface area contributed by atoms with E-state index in [2.05, 4.69) is 5.32 Å². The molecule has 2 fully saturated rings. The number of allylic oxidation sites excluding steroid dienone is 2. The predicted molar refractivity (Wildman–Crippen MR) is 140 cm³/mol. The summed E-state index contributed by atoms with van der Waals surface area (Å²) in [5.41, 5.74) is 1.56. The summed E-state index contributed by atoms with van der Waals surface area (Å²) in [4.78, 5) is 37.1. The Bertz CT molecular complexity index is 1330. The van der Waals surface area contributed by atoms with E-state index in [0.29, 0.717) is 16.3 Å². The summed E-state index contributed by atoms with van der Waals surface area (Å²) in [5, 5.41) is 2.93. The molecule has 12 heteroatoms. The van der Waals surface area contributed by atoms with Gasteiger partial charge in [-0.1, -0.05) is 70.1 Å². The monoisotopic (exact) mass is 610 g/mol. The van der Waals surface area contributed by atoms with E-state index in [1.165, 1.54) is 24.3 Å². The Morgan fingerprint density at radius 3 is 2.00 bits per heavy atom. The van der Waals surface area contributed by atoms with E-state index in [4.69, 9.17) is 81.2 Å². The molecule has 3 amide bonds. The van der Waals surface area contributed by atoms with Crippen molar-refractivity contribution >= 4 is 110 Å². The predicted octanol–water partition coefficient (Wildman–Crippen LogP) is 6.85. The summed E-state index contributed by atoms with van der Waals surface area (Å²) in [6.45, 7) is 1.77. The molecule has 1 saturated heterocycles. The van der Waals surface area contributed by atoms with Gasteiger partial charge in [0.25, 0.3) is 5.91 Å². The molecular weight excluding hydrogens is 600 g/mol. The first-order chi connectivity index (χ1) is 16.3. The van der Waals surface area contributed by atoms with Crippen LogP contribution in [0, 0.1) is 18.8 Å². The minimum atomic E-state index is -2.01. The third-order valence-corrected chi connectivity index (χ3v) is 11.5. The molecule has 1 N–H and O–H groups in total. The van der Waals surface area contributed by atoms with Gasteiger partial charge in [0.15, 0.2) is 4.33 Å². The number of benzene rings is 2. The van der Waals surface area contributed by atoms with Crippen molar-refractivity contribution in [2.75, 3.05) is 10.2 Å². The Hall–Kier alpha value is -1.18. The number of alkyl halides is 4. The van der Waals surface area contributed by atoms with Crippen LogP contribution in [0.15, 0.2) is 52.5 Å². The number of rotatable bonds is 3. The van der Waals surface area contributed by atoms with Crippen LogP contribution in [-0.4, -0.2) is 31.8 Å². The number of halogens is 7. The standard InChI is InChI=1S/C23H13Cl7N2O3/c1-9-12(24)6-3-7-13(9)31-18(33)10-4-2-5-11(8-10)32-19(34)14-15(20(32)35)22(28)17(26)16(25)21(14,27)23(22,29)30/h2-8,14-15H,1H3,(H,31,33)/t14-,15+,21-,22-/m1/s1. The van der Waals surface area contributed by atoms with Crippen molar-refractivity contribution in [3.8, 4) is 0 Å². The minimum absolute atomic E-state index is 0.145. The molecule has 2 aromatic carbocycles.